The van der Waals surface area contributed by atoms with Crippen LogP contribution in [-0.4, -0.2) is 5.11 Å². The van der Waals surface area contributed by atoms with E-state index in [1.54, 1.807) is 0 Å². The van der Waals surface area contributed by atoms with E-state index >= 15 is 0 Å². The first-order valence-electron chi connectivity index (χ1n) is 5.21. The van der Waals surface area contributed by atoms with Crippen LogP contribution in [0.5, 0.6) is 0 Å². The minimum absolute atomic E-state index is 0.377. The minimum atomic E-state index is -0.377. The van der Waals surface area contributed by atoms with Crippen LogP contribution in [0, 0.1) is 6.92 Å². The van der Waals surface area contributed by atoms with Gasteiger partial charge in [0.05, 0.1) is 0 Å². The zero-order chi connectivity index (χ0) is 9.97. The summed E-state index contributed by atoms with van der Waals surface area (Å²) in [5.74, 6) is 0. The lowest BCUT2D eigenvalue weighted by molar-refractivity contribution is 0.212. The number of hydrogen-bond donors (Lipinski definition) is 1. The highest BCUT2D eigenvalue weighted by molar-refractivity contribution is 5.29. The summed E-state index contributed by atoms with van der Waals surface area (Å²) in [6, 6.07) is 8.13. The molecule has 0 heterocycles. The molecule has 0 saturated carbocycles. The Hall–Kier alpha value is -1.08. The predicted molar refractivity (Wildman–Crippen MR) is 58.1 cm³/mol. The van der Waals surface area contributed by atoms with Gasteiger partial charge in [0.2, 0.25) is 0 Å². The van der Waals surface area contributed by atoms with Gasteiger partial charge >= 0.3 is 0 Å². The van der Waals surface area contributed by atoms with Crippen LogP contribution < -0.4 is 0 Å². The Labute approximate surface area is 85.1 Å². The van der Waals surface area contributed by atoms with Crippen molar-refractivity contribution in [3.8, 4) is 0 Å². The topological polar surface area (TPSA) is 20.2 Å². The molecule has 1 N–H and O–H groups in total. The second-order valence-corrected chi connectivity index (χ2v) is 3.98. The average Bonchev–Trinajstić information content (AvgIpc) is 2.71. The van der Waals surface area contributed by atoms with Gasteiger partial charge in [-0.1, -0.05) is 35.9 Å². The Morgan fingerprint density at radius 3 is 2.50 bits per heavy atom. The second kappa shape index (κ2) is 3.97. The van der Waals surface area contributed by atoms with E-state index in [1.165, 1.54) is 17.6 Å². The largest absolute Gasteiger partial charge is 0.384 e. The number of hydrogen-bond acceptors (Lipinski definition) is 1. The Bertz CT molecular complexity index is 335. The molecule has 0 fully saturated rings. The normalized spacial score (nSPS) is 18.0. The van der Waals surface area contributed by atoms with Crippen molar-refractivity contribution in [3.63, 3.8) is 0 Å². The molecular weight excluding hydrogens is 172 g/mol. The number of aryl methyl sites for hydroxylation is 1. The third kappa shape index (κ3) is 1.88. The van der Waals surface area contributed by atoms with Crippen LogP contribution in [0.3, 0.4) is 0 Å². The van der Waals surface area contributed by atoms with Crippen molar-refractivity contribution in [3.05, 3.63) is 47.0 Å². The third-order valence-corrected chi connectivity index (χ3v) is 2.82. The summed E-state index contributed by atoms with van der Waals surface area (Å²) < 4.78 is 0. The van der Waals surface area contributed by atoms with Crippen LogP contribution in [0.2, 0.25) is 0 Å². The smallest absolute Gasteiger partial charge is 0.100 e. The molecule has 1 heteroatoms. The molecule has 1 aromatic rings. The van der Waals surface area contributed by atoms with E-state index < -0.39 is 0 Å². The van der Waals surface area contributed by atoms with Crippen LogP contribution in [-0.2, 0) is 0 Å². The predicted octanol–water partition coefficient (Wildman–Crippen LogP) is 3.14. The van der Waals surface area contributed by atoms with E-state index in [4.69, 9.17) is 0 Å². The molecule has 1 aromatic carbocycles. The van der Waals surface area contributed by atoms with Crippen LogP contribution in [0.25, 0.3) is 0 Å². The molecule has 74 valence electrons. The van der Waals surface area contributed by atoms with E-state index in [2.05, 4.69) is 13.0 Å². The SMILES string of the molecule is Cc1ccc(C(O)C2=CCCC2)cc1. The summed E-state index contributed by atoms with van der Waals surface area (Å²) in [6.45, 7) is 2.06. The fourth-order valence-corrected chi connectivity index (χ4v) is 1.91. The number of allylic oxidation sites excluding steroid dienone is 1. The molecule has 2 rings (SSSR count). The summed E-state index contributed by atoms with van der Waals surface area (Å²) in [7, 11) is 0. The zero-order valence-electron chi connectivity index (χ0n) is 8.53. The van der Waals surface area contributed by atoms with Gasteiger partial charge in [0, 0.05) is 0 Å². The number of benzene rings is 1. The third-order valence-electron chi connectivity index (χ3n) is 2.82. The highest BCUT2D eigenvalue weighted by Crippen LogP contribution is 2.30. The summed E-state index contributed by atoms with van der Waals surface area (Å²) in [4.78, 5) is 0. The average molecular weight is 188 g/mol. The van der Waals surface area contributed by atoms with Crippen LogP contribution in [0.15, 0.2) is 35.9 Å². The van der Waals surface area contributed by atoms with E-state index in [1.807, 2.05) is 24.3 Å². The van der Waals surface area contributed by atoms with Crippen molar-refractivity contribution in [2.45, 2.75) is 32.3 Å². The summed E-state index contributed by atoms with van der Waals surface area (Å²) in [5, 5.41) is 10.0. The molecule has 1 aliphatic carbocycles. The van der Waals surface area contributed by atoms with Gasteiger partial charge in [-0.25, -0.2) is 0 Å². The van der Waals surface area contributed by atoms with Crippen molar-refractivity contribution >= 4 is 0 Å². The van der Waals surface area contributed by atoms with Gasteiger partial charge in [0.25, 0.3) is 0 Å². The van der Waals surface area contributed by atoms with Gasteiger partial charge in [0.15, 0.2) is 0 Å². The molecule has 0 bridgehead atoms. The van der Waals surface area contributed by atoms with Gasteiger partial charge in [-0.2, -0.15) is 0 Å². The highest BCUT2D eigenvalue weighted by atomic mass is 16.3. The minimum Gasteiger partial charge on any atom is -0.384 e. The maximum Gasteiger partial charge on any atom is 0.100 e. The standard InChI is InChI=1S/C13H16O/c1-10-6-8-12(9-7-10)13(14)11-4-2-3-5-11/h4,6-9,13-14H,2-3,5H2,1H3. The van der Waals surface area contributed by atoms with Crippen molar-refractivity contribution in [1.29, 1.82) is 0 Å². The van der Waals surface area contributed by atoms with E-state index in [9.17, 15) is 5.11 Å². The molecule has 1 aliphatic rings. The number of rotatable bonds is 2. The summed E-state index contributed by atoms with van der Waals surface area (Å²) >= 11 is 0. The lowest BCUT2D eigenvalue weighted by Crippen LogP contribution is -1.99. The number of aliphatic hydroxyl groups is 1. The fraction of sp³-hybridized carbons (Fsp3) is 0.385. The van der Waals surface area contributed by atoms with Crippen LogP contribution in [0.1, 0.15) is 36.5 Å². The maximum atomic E-state index is 10.0. The van der Waals surface area contributed by atoms with Crippen molar-refractivity contribution in [2.75, 3.05) is 0 Å². The van der Waals surface area contributed by atoms with Crippen molar-refractivity contribution in [2.24, 2.45) is 0 Å². The quantitative estimate of drug-likeness (QED) is 0.707. The lowest BCUT2D eigenvalue weighted by atomic mass is 10.0. The molecular formula is C13H16O. The van der Waals surface area contributed by atoms with Gasteiger partial charge < -0.3 is 5.11 Å². The Morgan fingerprint density at radius 2 is 1.93 bits per heavy atom. The van der Waals surface area contributed by atoms with E-state index in [0.717, 1.165) is 18.4 Å². The summed E-state index contributed by atoms with van der Waals surface area (Å²) in [6.07, 6.45) is 5.16. The van der Waals surface area contributed by atoms with E-state index in [0.29, 0.717) is 0 Å². The molecule has 0 spiro atoms. The molecule has 1 nitrogen and oxygen atoms in total. The maximum absolute atomic E-state index is 10.0. The first kappa shape index (κ1) is 9.47. The molecule has 0 amide bonds. The first-order chi connectivity index (χ1) is 6.77. The molecule has 0 saturated heterocycles. The zero-order valence-corrected chi connectivity index (χ0v) is 8.53. The monoisotopic (exact) mass is 188 g/mol. The van der Waals surface area contributed by atoms with Crippen LogP contribution in [0.4, 0.5) is 0 Å². The molecule has 0 aromatic heterocycles. The highest BCUT2D eigenvalue weighted by Gasteiger charge is 2.15. The summed E-state index contributed by atoms with van der Waals surface area (Å²) in [5.41, 5.74) is 3.44. The molecule has 0 radical (unpaired) electrons. The fourth-order valence-electron chi connectivity index (χ4n) is 1.91. The van der Waals surface area contributed by atoms with Gasteiger partial charge in [0.1, 0.15) is 6.10 Å². The van der Waals surface area contributed by atoms with Crippen molar-refractivity contribution < 1.29 is 5.11 Å². The van der Waals surface area contributed by atoms with Gasteiger partial charge in [-0.3, -0.25) is 0 Å². The Balaban J connectivity index is 2.18. The molecule has 1 atom stereocenters. The number of aliphatic hydroxyl groups excluding tert-OH is 1. The van der Waals surface area contributed by atoms with E-state index in [-0.39, 0.29) is 6.10 Å². The van der Waals surface area contributed by atoms with Gasteiger partial charge in [-0.05, 0) is 37.3 Å². The van der Waals surface area contributed by atoms with Gasteiger partial charge in [-0.15, -0.1) is 0 Å². The van der Waals surface area contributed by atoms with Crippen LogP contribution >= 0.6 is 0 Å². The molecule has 0 aliphatic heterocycles. The van der Waals surface area contributed by atoms with Crippen molar-refractivity contribution in [1.82, 2.24) is 0 Å². The lowest BCUT2D eigenvalue weighted by Gasteiger charge is -2.12. The molecule has 1 unspecified atom stereocenters. The molecule has 14 heavy (non-hydrogen) atoms. The Morgan fingerprint density at radius 1 is 1.21 bits per heavy atom. The Kier molecular flexibility index (Phi) is 2.69. The first-order valence-corrected chi connectivity index (χ1v) is 5.21. The second-order valence-electron chi connectivity index (χ2n) is 3.98.